The van der Waals surface area contributed by atoms with Gasteiger partial charge in [0.15, 0.2) is 5.69 Å². The molecule has 1 aromatic heterocycles. The van der Waals surface area contributed by atoms with E-state index in [4.69, 9.17) is 11.6 Å². The van der Waals surface area contributed by atoms with Gasteiger partial charge < -0.3 is 0 Å². The molecule has 1 saturated carbocycles. The largest absolute Gasteiger partial charge is 0.255 e. The lowest BCUT2D eigenvalue weighted by Gasteiger charge is -2.18. The maximum atomic E-state index is 7.55. The third kappa shape index (κ3) is 1.46. The molecule has 2 aromatic carbocycles. The maximum Gasteiger partial charge on any atom is 0.195 e. The molecule has 2 unspecified atom stereocenters. The monoisotopic (exact) mass is 284 g/mol. The number of fused-ring (bicyclic) bond motifs is 9. The van der Waals surface area contributed by atoms with E-state index in [1.165, 1.54) is 42.2 Å². The second kappa shape index (κ2) is 4.30. The predicted molar refractivity (Wildman–Crippen MR) is 89.5 cm³/mol. The molecular weight excluding hydrogens is 268 g/mol. The van der Waals surface area contributed by atoms with Gasteiger partial charge in [0, 0.05) is 6.20 Å². The first-order chi connectivity index (χ1) is 10.9. The summed E-state index contributed by atoms with van der Waals surface area (Å²) < 4.78 is 0. The highest BCUT2D eigenvalue weighted by Crippen LogP contribution is 2.53. The first kappa shape index (κ1) is 12.2. The number of rotatable bonds is 0. The van der Waals surface area contributed by atoms with Crippen LogP contribution in [-0.2, 0) is 0 Å². The Morgan fingerprint density at radius 2 is 1.86 bits per heavy atom. The number of benzene rings is 2. The summed E-state index contributed by atoms with van der Waals surface area (Å²) in [6.45, 7) is 7.55. The van der Waals surface area contributed by atoms with Crippen molar-refractivity contribution in [1.29, 1.82) is 0 Å². The first-order valence-electron chi connectivity index (χ1n) is 8.08. The van der Waals surface area contributed by atoms with Crippen molar-refractivity contribution in [1.82, 2.24) is 4.98 Å². The fraction of sp³-hybridized carbons (Fsp3) is 0.300. The second-order valence-corrected chi connectivity index (χ2v) is 6.64. The molecule has 5 rings (SSSR count). The molecule has 0 amide bonds. The second-order valence-electron chi connectivity index (χ2n) is 6.64. The normalized spacial score (nSPS) is 22.7. The van der Waals surface area contributed by atoms with Crippen molar-refractivity contribution in [3.8, 4) is 0 Å². The van der Waals surface area contributed by atoms with E-state index in [-0.39, 0.29) is 0 Å². The van der Waals surface area contributed by atoms with E-state index in [0.29, 0.717) is 11.8 Å². The van der Waals surface area contributed by atoms with Gasteiger partial charge in [-0.2, -0.15) is 0 Å². The molecule has 1 fully saturated rings. The molecule has 2 atom stereocenters. The SMILES string of the molecule is [C-]#[N+]c1cc2c3c(cnc2c2ccccc12)C1CCCC3C1. The molecule has 2 aliphatic rings. The smallest absolute Gasteiger partial charge is 0.195 e. The molecule has 0 radical (unpaired) electrons. The van der Waals surface area contributed by atoms with Gasteiger partial charge in [-0.1, -0.05) is 30.7 Å². The lowest BCUT2D eigenvalue weighted by molar-refractivity contribution is 0.436. The summed E-state index contributed by atoms with van der Waals surface area (Å²) in [6.07, 6.45) is 7.34. The molecule has 2 aliphatic carbocycles. The van der Waals surface area contributed by atoms with Crippen molar-refractivity contribution < 1.29 is 0 Å². The van der Waals surface area contributed by atoms with Crippen LogP contribution in [0.2, 0.25) is 0 Å². The van der Waals surface area contributed by atoms with Crippen molar-refractivity contribution >= 4 is 27.4 Å². The Morgan fingerprint density at radius 3 is 2.73 bits per heavy atom. The summed E-state index contributed by atoms with van der Waals surface area (Å²) in [4.78, 5) is 8.60. The van der Waals surface area contributed by atoms with E-state index in [1.54, 1.807) is 0 Å². The fourth-order valence-electron chi connectivity index (χ4n) is 4.65. The van der Waals surface area contributed by atoms with Gasteiger partial charge in [-0.05, 0) is 64.5 Å². The number of hydrogen-bond donors (Lipinski definition) is 0. The topological polar surface area (TPSA) is 17.2 Å². The lowest BCUT2D eigenvalue weighted by Crippen LogP contribution is -2.01. The molecule has 3 aromatic rings. The van der Waals surface area contributed by atoms with Gasteiger partial charge in [0.25, 0.3) is 0 Å². The summed E-state index contributed by atoms with van der Waals surface area (Å²) in [7, 11) is 0. The zero-order valence-electron chi connectivity index (χ0n) is 12.3. The molecule has 1 heterocycles. The number of hydrogen-bond acceptors (Lipinski definition) is 1. The van der Waals surface area contributed by atoms with Crippen LogP contribution in [0.3, 0.4) is 0 Å². The van der Waals surface area contributed by atoms with Gasteiger partial charge in [0.2, 0.25) is 0 Å². The van der Waals surface area contributed by atoms with E-state index in [9.17, 15) is 0 Å². The Morgan fingerprint density at radius 1 is 1.05 bits per heavy atom. The van der Waals surface area contributed by atoms with Gasteiger partial charge in [-0.3, -0.25) is 4.98 Å². The van der Waals surface area contributed by atoms with E-state index in [2.05, 4.69) is 23.2 Å². The van der Waals surface area contributed by atoms with Crippen LogP contribution in [0.25, 0.3) is 26.5 Å². The zero-order valence-corrected chi connectivity index (χ0v) is 12.3. The third-order valence-electron chi connectivity index (χ3n) is 5.57. The third-order valence-corrected chi connectivity index (χ3v) is 5.57. The molecule has 2 heteroatoms. The van der Waals surface area contributed by atoms with E-state index in [1.807, 2.05) is 18.2 Å². The fourth-order valence-corrected chi connectivity index (χ4v) is 4.65. The van der Waals surface area contributed by atoms with Crippen LogP contribution in [0.15, 0.2) is 36.5 Å². The average molecular weight is 284 g/mol. The average Bonchev–Trinajstić information content (AvgIpc) is 2.84. The van der Waals surface area contributed by atoms with E-state index < -0.39 is 0 Å². The number of pyridine rings is 1. The molecule has 0 saturated heterocycles. The van der Waals surface area contributed by atoms with Gasteiger partial charge in [0.05, 0.1) is 12.1 Å². The van der Waals surface area contributed by atoms with Gasteiger partial charge in [-0.25, -0.2) is 4.85 Å². The minimum Gasteiger partial charge on any atom is -0.255 e. The van der Waals surface area contributed by atoms with Crippen LogP contribution in [0, 0.1) is 6.57 Å². The number of nitrogens with zero attached hydrogens (tertiary/aromatic N) is 2. The zero-order chi connectivity index (χ0) is 14.7. The summed E-state index contributed by atoms with van der Waals surface area (Å²) in [6, 6.07) is 10.3. The molecule has 0 N–H and O–H groups in total. The van der Waals surface area contributed by atoms with Gasteiger partial charge in [-0.15, -0.1) is 0 Å². The van der Waals surface area contributed by atoms with Crippen LogP contribution >= 0.6 is 0 Å². The summed E-state index contributed by atoms with van der Waals surface area (Å²) in [5, 5.41) is 3.38. The maximum absolute atomic E-state index is 7.55. The van der Waals surface area contributed by atoms with Crippen molar-refractivity contribution in [2.75, 3.05) is 0 Å². The van der Waals surface area contributed by atoms with Gasteiger partial charge in [0.1, 0.15) is 0 Å². The Bertz CT molecular complexity index is 965. The van der Waals surface area contributed by atoms with Crippen LogP contribution in [0.5, 0.6) is 0 Å². The van der Waals surface area contributed by atoms with Crippen LogP contribution in [0.1, 0.15) is 48.6 Å². The lowest BCUT2D eigenvalue weighted by atomic mass is 9.86. The summed E-state index contributed by atoms with van der Waals surface area (Å²) >= 11 is 0. The van der Waals surface area contributed by atoms with E-state index >= 15 is 0 Å². The first-order valence-corrected chi connectivity index (χ1v) is 8.08. The highest BCUT2D eigenvalue weighted by molar-refractivity contribution is 6.12. The van der Waals surface area contributed by atoms with Crippen molar-refractivity contribution in [2.45, 2.75) is 37.5 Å². The van der Waals surface area contributed by atoms with Crippen LogP contribution in [0.4, 0.5) is 5.69 Å². The van der Waals surface area contributed by atoms with Gasteiger partial charge >= 0.3 is 0 Å². The Labute approximate surface area is 129 Å². The predicted octanol–water partition coefficient (Wildman–Crippen LogP) is 5.69. The molecule has 106 valence electrons. The van der Waals surface area contributed by atoms with Crippen molar-refractivity contribution in [2.24, 2.45) is 0 Å². The molecule has 0 spiro atoms. The summed E-state index contributed by atoms with van der Waals surface area (Å²) in [5.74, 6) is 1.38. The van der Waals surface area contributed by atoms with E-state index in [0.717, 1.165) is 22.0 Å². The summed E-state index contributed by atoms with van der Waals surface area (Å²) in [5.41, 5.74) is 4.80. The van der Waals surface area contributed by atoms with Crippen LogP contribution in [-0.4, -0.2) is 4.98 Å². The molecule has 0 aliphatic heterocycles. The Hall–Kier alpha value is -2.40. The Balaban J connectivity index is 1.96. The van der Waals surface area contributed by atoms with Crippen molar-refractivity contribution in [3.63, 3.8) is 0 Å². The quantitative estimate of drug-likeness (QED) is 0.382. The minimum absolute atomic E-state index is 0.680. The van der Waals surface area contributed by atoms with Crippen LogP contribution < -0.4 is 0 Å². The molecule has 2 bridgehead atoms. The molecular formula is C20H16N2. The Kier molecular flexibility index (Phi) is 2.38. The standard InChI is InChI=1S/C20H16N2/c1-21-18-10-16-19-13-6-4-5-12(9-13)17(19)11-22-20(16)15-8-3-2-7-14(15)18/h2-3,7-8,10-13H,4-6,9H2. The minimum atomic E-state index is 0.680. The highest BCUT2D eigenvalue weighted by Gasteiger charge is 2.35. The number of aromatic nitrogens is 1. The molecule has 2 nitrogen and oxygen atoms in total. The highest BCUT2D eigenvalue weighted by atomic mass is 14.7. The molecule has 22 heavy (non-hydrogen) atoms. The van der Waals surface area contributed by atoms with Crippen molar-refractivity contribution in [3.05, 3.63) is 59.1 Å².